The molecule has 0 aliphatic carbocycles. The van der Waals surface area contributed by atoms with E-state index < -0.39 is 247 Å². The van der Waals surface area contributed by atoms with Gasteiger partial charge in [0.25, 0.3) is 27.8 Å². The zero-order valence-electron chi connectivity index (χ0n) is 76.6. The van der Waals surface area contributed by atoms with Gasteiger partial charge in [0.1, 0.15) is 130 Å². The molecule has 23 atom stereocenters. The Hall–Kier alpha value is -12.4. The second-order valence-electron chi connectivity index (χ2n) is 34.5. The fourth-order valence-electron chi connectivity index (χ4n) is 17.3. The summed E-state index contributed by atoms with van der Waals surface area (Å²) >= 11 is 0. The smallest absolute Gasteiger partial charge is 0.472 e. The average molecular weight is 2150 g/mol. The first-order chi connectivity index (χ1) is 70.1. The molecule has 66 heteroatoms. The summed E-state index contributed by atoms with van der Waals surface area (Å²) in [4.78, 5) is 198. The van der Waals surface area contributed by atoms with Gasteiger partial charge in [0.15, 0.2) is 56.5 Å². The number of aromatic amines is 5. The normalized spacial score (nSPS) is 26.3. The summed E-state index contributed by atoms with van der Waals surface area (Å²) in [6, 6.07) is 23.9. The van der Waals surface area contributed by atoms with Crippen molar-refractivity contribution in [1.29, 1.82) is 0 Å². The maximum Gasteiger partial charge on any atom is 0.472 e. The van der Waals surface area contributed by atoms with Crippen LogP contribution in [0.1, 0.15) is 104 Å². The summed E-state index contributed by atoms with van der Waals surface area (Å²) in [5.74, 6) is -0.302. The number of fused-ring (bicyclic) bond motifs is 4. The number of aliphatic hydroxyl groups is 1. The van der Waals surface area contributed by atoms with Crippen LogP contribution in [-0.2, 0) is 121 Å². The molecule has 19 N–H and O–H groups in total. The van der Waals surface area contributed by atoms with E-state index in [9.17, 15) is 86.0 Å². The molecule has 6 aliphatic rings. The largest absolute Gasteiger partial charge is 0.485 e. The van der Waals surface area contributed by atoms with Crippen LogP contribution in [0.4, 0.5) is 23.7 Å². The second-order valence-corrected chi connectivity index (χ2v) is 41.5. The molecule has 6 saturated heterocycles. The summed E-state index contributed by atoms with van der Waals surface area (Å²) < 4.78 is 192. The van der Waals surface area contributed by atoms with Crippen molar-refractivity contribution in [2.45, 2.75) is 183 Å². The van der Waals surface area contributed by atoms with Crippen LogP contribution in [0.2, 0.25) is 0 Å². The van der Waals surface area contributed by atoms with Gasteiger partial charge < -0.3 is 95.1 Å². The lowest BCUT2D eigenvalue weighted by atomic mass is 10.2. The standard InChI is InChI=1S/C81H93N24O37P5/c1-38-22-100(80(112)98-72(38)107)58-17-46(52(133-58)27-124-24-42-13-14-44(125-25-40-9-5-3-6-10-40)45(15-42)126-26-41-11-7-4-8-12-41)138-144(116,117)129-31-55-49(20-61(136-55)104-36-90-65-70(104)93-78(84)96-75(65)110)141-146(120,121)128-29-53-47(18-59(134-53)101-23-39(2)73(108)99-81(101)113)139-145(118,119)131-32-56-50(21-62(137-56)105-37-91-66-71(105)94-79(85)97-76(66)111)142-147(122,123)130-30-54-48(19-60(135-54)102-34-88-63-67(82)86-33-87-68(63)102)140-143(114,115)127-28-51-43(106)16-57(132-51)103-35-89-64-69(103)92-77(83)95-74(64)109/h3-15,22-23,33-37,43,46-62,106H,16-21,24-32H2,1-2H3,(H,114,115)(H,116,117)(H,118,119)(H,120,121)(H,122,123)(H2,82,86,87)(H,98,107,112)(H,99,108,113)(H3,83,92,95,109)(H3,84,93,96,110)(H3,85,94,97,111)/t43-,46-,47-,48-,49-,50-,51+,52+,53+,54+,55+,56+,57+,58+,59+,60+,61+,62+/m0/s1. The third-order valence-electron chi connectivity index (χ3n) is 24.4. The molecule has 147 heavy (non-hydrogen) atoms. The number of phosphoric acid groups is 5. The molecule has 0 amide bonds. The van der Waals surface area contributed by atoms with Crippen LogP contribution < -0.4 is 71.6 Å². The van der Waals surface area contributed by atoms with Crippen molar-refractivity contribution < 1.29 is 140 Å². The summed E-state index contributed by atoms with van der Waals surface area (Å²) in [5.41, 5.74) is 19.5. The van der Waals surface area contributed by atoms with Crippen molar-refractivity contribution >= 4 is 107 Å². The lowest BCUT2D eigenvalue weighted by Gasteiger charge is -2.26. The van der Waals surface area contributed by atoms with E-state index in [4.69, 9.17) is 111 Å². The molecule has 6 aliphatic heterocycles. The number of aliphatic hydroxyl groups excluding tert-OH is 1. The average Bonchev–Trinajstić information content (AvgIpc) is 1.63. The highest BCUT2D eigenvalue weighted by molar-refractivity contribution is 7.48. The number of imidazole rings is 4. The monoisotopic (exact) mass is 2150 g/mol. The van der Waals surface area contributed by atoms with Crippen molar-refractivity contribution in [3.63, 3.8) is 0 Å². The predicted molar refractivity (Wildman–Crippen MR) is 498 cm³/mol. The maximum absolute atomic E-state index is 14.7. The number of rotatable bonds is 41. The summed E-state index contributed by atoms with van der Waals surface area (Å²) in [5, 5.41) is 11.1. The van der Waals surface area contributed by atoms with Gasteiger partial charge in [0.2, 0.25) is 17.8 Å². The Morgan fingerprint density at radius 1 is 0.361 bits per heavy atom. The lowest BCUT2D eigenvalue weighted by molar-refractivity contribution is -0.0712. The number of nitrogens with zero attached hydrogens (tertiary/aromatic N) is 15. The van der Waals surface area contributed by atoms with Crippen LogP contribution in [0.25, 0.3) is 44.7 Å². The third-order valence-corrected chi connectivity index (χ3v) is 29.4. The van der Waals surface area contributed by atoms with Crippen molar-refractivity contribution in [1.82, 2.24) is 97.2 Å². The quantitative estimate of drug-likeness (QED) is 0.0244. The third kappa shape index (κ3) is 23.5. The Bertz CT molecular complexity index is 7800. The molecular weight excluding hydrogens is 2060 g/mol. The minimum absolute atomic E-state index is 0.00141. The Morgan fingerprint density at radius 2 is 0.687 bits per heavy atom. The van der Waals surface area contributed by atoms with Gasteiger partial charge in [-0.3, -0.25) is 122 Å². The number of phosphoric ester groups is 5. The molecule has 5 unspecified atom stereocenters. The van der Waals surface area contributed by atoms with Gasteiger partial charge in [-0.25, -0.2) is 62.3 Å². The number of nitrogens with one attached hydrogen (secondary N) is 5. The number of anilines is 4. The lowest BCUT2D eigenvalue weighted by Crippen LogP contribution is -2.33. The Balaban J connectivity index is 0.539. The number of aromatic nitrogens is 20. The first-order valence-corrected chi connectivity index (χ1v) is 52.3. The highest BCUT2D eigenvalue weighted by atomic mass is 31.2. The number of ether oxygens (including phenoxy) is 9. The molecule has 10 aromatic heterocycles. The van der Waals surface area contributed by atoms with E-state index in [0.29, 0.717) is 17.1 Å². The first-order valence-electron chi connectivity index (χ1n) is 44.8. The number of aryl methyl sites for hydroxylation is 2. The molecule has 0 radical (unpaired) electrons. The van der Waals surface area contributed by atoms with Gasteiger partial charge in [0, 0.05) is 62.0 Å². The van der Waals surface area contributed by atoms with Gasteiger partial charge in [0.05, 0.1) is 77.7 Å². The van der Waals surface area contributed by atoms with Crippen molar-refractivity contribution in [3.05, 3.63) is 223 Å². The number of hydrogen-bond donors (Lipinski definition) is 15. The number of H-pyrrole nitrogens is 5. The fraction of sp³-hybridized carbons (Fsp3) is 0.432. The molecule has 6 fully saturated rings. The SMILES string of the molecule is Cc1cn([C@H]2C[C@H](OP(=O)(O)OC[C@H]3O[C@@H](n4cnc5c(=O)[nH]c(N)nc54)C[C@@H]3OP(=O)(O)OC[C@H]3O[C@@H](n4cc(C)c(=O)[nH]c4=O)C[C@@H]3OP(=O)(O)OC[C@H]3O[C@@H](n4cnc5c(=O)[nH]c(N)nc54)C[C@@H]3OP(=O)(O)OC[C@H]3O[C@@H](n4cnc5c(N)ncnc54)C[C@@H]3OP(=O)(O)OC[C@H]3O[C@@H](n4cnc5c(=O)[nH]c(N)nc54)C[C@@H]3O)[C@@H](COCc3ccc(OCc4ccccc4)c(OCc4ccccc4)c3)O2)c(=O)[nH]c1=O. The van der Waals surface area contributed by atoms with Gasteiger partial charge in [-0.15, -0.1) is 0 Å². The van der Waals surface area contributed by atoms with Crippen molar-refractivity contribution in [3.8, 4) is 11.5 Å². The number of nitrogens with two attached hydrogens (primary N) is 4. The number of hydrogen-bond acceptors (Lipinski definition) is 45. The molecule has 0 bridgehead atoms. The molecule has 784 valence electrons. The van der Waals surface area contributed by atoms with E-state index in [1.807, 2.05) is 60.7 Å². The topological polar surface area (TPSA) is 830 Å². The predicted octanol–water partition coefficient (Wildman–Crippen LogP) is 2.24. The molecule has 0 spiro atoms. The Kier molecular flexibility index (Phi) is 29.7. The molecular formula is C81H93N24O37P5. The summed E-state index contributed by atoms with van der Waals surface area (Å²) in [6.07, 6.45) is -22.2. The van der Waals surface area contributed by atoms with Crippen molar-refractivity contribution in [2.24, 2.45) is 0 Å². The molecule has 13 aromatic rings. The molecule has 0 saturated carbocycles. The summed E-state index contributed by atoms with van der Waals surface area (Å²) in [6.45, 7) is -2.60. The van der Waals surface area contributed by atoms with Gasteiger partial charge >= 0.3 is 50.5 Å². The summed E-state index contributed by atoms with van der Waals surface area (Å²) in [7, 11) is -27.8. The zero-order valence-corrected chi connectivity index (χ0v) is 81.1. The van der Waals surface area contributed by atoms with Crippen LogP contribution in [0.15, 0.2) is 156 Å². The van der Waals surface area contributed by atoms with Crippen LogP contribution in [-0.4, -0.2) is 240 Å². The van der Waals surface area contributed by atoms with E-state index in [1.165, 1.54) is 46.4 Å². The van der Waals surface area contributed by atoms with E-state index in [-0.39, 0.29) is 119 Å². The van der Waals surface area contributed by atoms with Gasteiger partial charge in [-0.1, -0.05) is 66.7 Å². The minimum Gasteiger partial charge on any atom is -0.485 e. The molecule has 61 nitrogen and oxygen atoms in total. The van der Waals surface area contributed by atoms with Crippen LogP contribution in [0, 0.1) is 13.8 Å². The van der Waals surface area contributed by atoms with Crippen LogP contribution in [0.5, 0.6) is 11.5 Å². The maximum atomic E-state index is 14.7. The first kappa shape index (κ1) is 103. The molecule has 19 rings (SSSR count). The Labute approximate surface area is 821 Å². The van der Waals surface area contributed by atoms with Gasteiger partial charge in [-0.05, 0) is 42.7 Å². The van der Waals surface area contributed by atoms with Crippen LogP contribution >= 0.6 is 39.1 Å². The Morgan fingerprint density at radius 3 is 1.07 bits per heavy atom. The number of benzene rings is 3. The minimum atomic E-state index is -5.72. The van der Waals surface area contributed by atoms with Crippen molar-refractivity contribution in [2.75, 3.05) is 62.6 Å². The van der Waals surface area contributed by atoms with Gasteiger partial charge in [-0.2, -0.15) is 15.0 Å². The van der Waals surface area contributed by atoms with E-state index in [0.717, 1.165) is 50.0 Å². The molecule has 3 aromatic carbocycles. The van der Waals surface area contributed by atoms with E-state index in [1.54, 1.807) is 18.2 Å². The zero-order chi connectivity index (χ0) is 103. The van der Waals surface area contributed by atoms with E-state index in [2.05, 4.69) is 69.8 Å². The highest BCUT2D eigenvalue weighted by Gasteiger charge is 2.52. The fourth-order valence-corrected chi connectivity index (χ4v) is 22.1. The second kappa shape index (κ2) is 42.3. The molecule has 16 heterocycles. The number of nitrogen functional groups attached to an aromatic ring is 4. The highest BCUT2D eigenvalue weighted by Crippen LogP contribution is 2.57. The van der Waals surface area contributed by atoms with Crippen LogP contribution in [0.3, 0.4) is 0 Å². The van der Waals surface area contributed by atoms with E-state index >= 15 is 0 Å².